The summed E-state index contributed by atoms with van der Waals surface area (Å²) in [6, 6.07) is 6.34. The third-order valence-corrected chi connectivity index (χ3v) is 6.86. The van der Waals surface area contributed by atoms with Crippen LogP contribution in [0.2, 0.25) is 5.02 Å². The molecule has 0 bridgehead atoms. The van der Waals surface area contributed by atoms with Gasteiger partial charge in [-0.3, -0.25) is 4.98 Å². The van der Waals surface area contributed by atoms with Crippen LogP contribution in [0, 0.1) is 13.8 Å². The minimum absolute atomic E-state index is 0.0863. The van der Waals surface area contributed by atoms with Crippen molar-refractivity contribution >= 4 is 32.5 Å². The third-order valence-electron chi connectivity index (χ3n) is 4.79. The molecule has 5 nitrogen and oxygen atoms in total. The van der Waals surface area contributed by atoms with E-state index in [1.165, 1.54) is 0 Å². The predicted octanol–water partition coefficient (Wildman–Crippen LogP) is 4.52. The van der Waals surface area contributed by atoms with Gasteiger partial charge in [0, 0.05) is 23.7 Å². The molecular weight excluding hydrogens is 382 g/mol. The van der Waals surface area contributed by atoms with Crippen LogP contribution in [-0.2, 0) is 22.8 Å². The molecule has 0 atom stereocenters. The summed E-state index contributed by atoms with van der Waals surface area (Å²) < 4.78 is 27.3. The van der Waals surface area contributed by atoms with Crippen LogP contribution in [0.4, 0.5) is 0 Å². The van der Waals surface area contributed by atoms with Gasteiger partial charge >= 0.3 is 0 Å². The first-order chi connectivity index (χ1) is 12.8. The van der Waals surface area contributed by atoms with Gasteiger partial charge in [0.2, 0.25) is 0 Å². The Labute approximate surface area is 165 Å². The Morgan fingerprint density at radius 2 is 1.85 bits per heavy atom. The van der Waals surface area contributed by atoms with Crippen LogP contribution in [0.3, 0.4) is 0 Å². The van der Waals surface area contributed by atoms with Crippen LogP contribution in [0.5, 0.6) is 0 Å². The molecule has 0 N–H and O–H groups in total. The van der Waals surface area contributed by atoms with Gasteiger partial charge in [-0.2, -0.15) is 0 Å². The van der Waals surface area contributed by atoms with E-state index < -0.39 is 9.84 Å². The second-order valence-corrected chi connectivity index (χ2v) is 9.30. The monoisotopic (exact) mass is 405 g/mol. The van der Waals surface area contributed by atoms with Crippen LogP contribution < -0.4 is 0 Å². The quantitative estimate of drug-likeness (QED) is 0.579. The smallest absolute Gasteiger partial charge is 0.178 e. The van der Waals surface area contributed by atoms with Gasteiger partial charge in [-0.1, -0.05) is 18.5 Å². The van der Waals surface area contributed by atoms with Crippen LogP contribution in [0.15, 0.2) is 35.4 Å². The Balaban J connectivity index is 1.85. The van der Waals surface area contributed by atoms with Gasteiger partial charge in [0.15, 0.2) is 9.84 Å². The molecule has 3 aromatic rings. The zero-order valence-electron chi connectivity index (χ0n) is 15.9. The number of aryl methyl sites for hydroxylation is 4. The fraction of sp³-hybridized carbons (Fsp3) is 0.400. The molecule has 0 saturated heterocycles. The van der Waals surface area contributed by atoms with E-state index in [0.29, 0.717) is 22.9 Å². The van der Waals surface area contributed by atoms with Gasteiger partial charge in [0.1, 0.15) is 11.3 Å². The summed E-state index contributed by atoms with van der Waals surface area (Å²) in [6.07, 6.45) is 4.17. The van der Waals surface area contributed by atoms with Gasteiger partial charge in [0.05, 0.1) is 22.4 Å². The first-order valence-corrected chi connectivity index (χ1v) is 11.2. The molecule has 0 amide bonds. The number of fused-ring (bicyclic) bond motifs is 1. The van der Waals surface area contributed by atoms with Gasteiger partial charge in [-0.25, -0.2) is 13.4 Å². The maximum atomic E-state index is 12.6. The summed E-state index contributed by atoms with van der Waals surface area (Å²) in [7, 11) is -3.33. The standard InChI is InChI=1S/C20H24ClN3O2S/c1-4-6-19-23-18-13-22-15(3)14(2)20(18)24(19)11-5-12-27(25,26)17-9-7-16(21)8-10-17/h7-10,13H,4-6,11-12H2,1-3H3. The Morgan fingerprint density at radius 3 is 2.52 bits per heavy atom. The lowest BCUT2D eigenvalue weighted by Gasteiger charge is -2.11. The van der Waals surface area contributed by atoms with Gasteiger partial charge in [0.25, 0.3) is 0 Å². The van der Waals surface area contributed by atoms with Gasteiger partial charge < -0.3 is 4.57 Å². The first kappa shape index (κ1) is 19.8. The van der Waals surface area contributed by atoms with Crippen LogP contribution in [-0.4, -0.2) is 28.7 Å². The third kappa shape index (κ3) is 4.17. The normalized spacial score (nSPS) is 12.0. The molecule has 3 rings (SSSR count). The molecule has 144 valence electrons. The van der Waals surface area contributed by atoms with E-state index in [2.05, 4.69) is 16.5 Å². The maximum Gasteiger partial charge on any atom is 0.178 e. The highest BCUT2D eigenvalue weighted by Crippen LogP contribution is 2.23. The molecule has 0 aliphatic heterocycles. The fourth-order valence-corrected chi connectivity index (χ4v) is 4.68. The molecule has 7 heteroatoms. The number of rotatable bonds is 7. The molecule has 0 spiro atoms. The highest BCUT2D eigenvalue weighted by molar-refractivity contribution is 7.91. The molecule has 0 aliphatic carbocycles. The number of sulfone groups is 1. The van der Waals surface area contributed by atoms with Crippen molar-refractivity contribution in [2.24, 2.45) is 0 Å². The zero-order valence-corrected chi connectivity index (χ0v) is 17.4. The predicted molar refractivity (Wildman–Crippen MR) is 109 cm³/mol. The van der Waals surface area contributed by atoms with Crippen LogP contribution in [0.25, 0.3) is 11.0 Å². The minimum Gasteiger partial charge on any atom is -0.328 e. The van der Waals surface area contributed by atoms with E-state index in [9.17, 15) is 8.42 Å². The number of hydrogen-bond donors (Lipinski definition) is 0. The summed E-state index contributed by atoms with van der Waals surface area (Å²) in [4.78, 5) is 9.44. The lowest BCUT2D eigenvalue weighted by atomic mass is 10.2. The number of hydrogen-bond acceptors (Lipinski definition) is 4. The van der Waals surface area contributed by atoms with E-state index in [1.807, 2.05) is 13.8 Å². The average Bonchev–Trinajstić information content (AvgIpc) is 2.97. The molecule has 0 saturated carbocycles. The molecular formula is C20H24ClN3O2S. The van der Waals surface area contributed by atoms with Crippen molar-refractivity contribution in [3.05, 3.63) is 52.6 Å². The zero-order chi connectivity index (χ0) is 19.6. The summed E-state index contributed by atoms with van der Waals surface area (Å²) in [5.41, 5.74) is 4.01. The summed E-state index contributed by atoms with van der Waals surface area (Å²) in [6.45, 7) is 6.76. The minimum atomic E-state index is -3.33. The molecule has 27 heavy (non-hydrogen) atoms. The van der Waals surface area contributed by atoms with E-state index in [1.54, 1.807) is 30.5 Å². The number of nitrogens with zero attached hydrogens (tertiary/aromatic N) is 3. The highest BCUT2D eigenvalue weighted by Gasteiger charge is 2.17. The maximum absolute atomic E-state index is 12.6. The van der Waals surface area contributed by atoms with Crippen molar-refractivity contribution in [1.29, 1.82) is 0 Å². The largest absolute Gasteiger partial charge is 0.328 e. The molecule has 0 fully saturated rings. The molecule has 0 unspecified atom stereocenters. The van der Waals surface area contributed by atoms with Crippen molar-refractivity contribution in [1.82, 2.24) is 14.5 Å². The molecule has 0 radical (unpaired) electrons. The summed E-state index contributed by atoms with van der Waals surface area (Å²) >= 11 is 5.85. The SMILES string of the molecule is CCCc1nc2cnc(C)c(C)c2n1CCCS(=O)(=O)c1ccc(Cl)cc1. The molecule has 1 aromatic carbocycles. The van der Waals surface area contributed by atoms with E-state index in [0.717, 1.165) is 41.0 Å². The van der Waals surface area contributed by atoms with E-state index in [4.69, 9.17) is 16.6 Å². The highest BCUT2D eigenvalue weighted by atomic mass is 35.5. The topological polar surface area (TPSA) is 64.8 Å². The van der Waals surface area contributed by atoms with Crippen LogP contribution in [0.1, 0.15) is 36.8 Å². The number of aromatic nitrogens is 3. The second kappa shape index (κ2) is 7.98. The van der Waals surface area contributed by atoms with Gasteiger partial charge in [-0.15, -0.1) is 0 Å². The number of imidazole rings is 1. The number of pyridine rings is 1. The first-order valence-electron chi connectivity index (χ1n) is 9.13. The Bertz CT molecular complexity index is 1060. The van der Waals surface area contributed by atoms with Crippen molar-refractivity contribution in [3.63, 3.8) is 0 Å². The number of benzene rings is 1. The van der Waals surface area contributed by atoms with Crippen molar-refractivity contribution in [3.8, 4) is 0 Å². The molecule has 0 aliphatic rings. The van der Waals surface area contributed by atoms with Crippen molar-refractivity contribution in [2.75, 3.05) is 5.75 Å². The van der Waals surface area contributed by atoms with E-state index in [-0.39, 0.29) is 5.75 Å². The Morgan fingerprint density at radius 1 is 1.15 bits per heavy atom. The molecule has 2 aromatic heterocycles. The number of halogens is 1. The van der Waals surface area contributed by atoms with E-state index >= 15 is 0 Å². The molecule has 2 heterocycles. The van der Waals surface area contributed by atoms with Gasteiger partial charge in [-0.05, 0) is 56.5 Å². The lowest BCUT2D eigenvalue weighted by molar-refractivity contribution is 0.584. The summed E-state index contributed by atoms with van der Waals surface area (Å²) in [5.74, 6) is 1.08. The second-order valence-electron chi connectivity index (χ2n) is 6.76. The van der Waals surface area contributed by atoms with Crippen molar-refractivity contribution in [2.45, 2.75) is 51.5 Å². The Kier molecular flexibility index (Phi) is 5.86. The lowest BCUT2D eigenvalue weighted by Crippen LogP contribution is -2.12. The fourth-order valence-electron chi connectivity index (χ4n) is 3.26. The summed E-state index contributed by atoms with van der Waals surface area (Å²) in [5, 5.41) is 0.530. The van der Waals surface area contributed by atoms with Crippen LogP contribution >= 0.6 is 11.6 Å². The average molecular weight is 406 g/mol. The van der Waals surface area contributed by atoms with Crippen molar-refractivity contribution < 1.29 is 8.42 Å². The Hall–Kier alpha value is -1.92.